The van der Waals surface area contributed by atoms with Crippen LogP contribution >= 0.6 is 24.0 Å². The predicted octanol–water partition coefficient (Wildman–Crippen LogP) is 3.59. The van der Waals surface area contributed by atoms with Gasteiger partial charge in [0.05, 0.1) is 5.69 Å². The summed E-state index contributed by atoms with van der Waals surface area (Å²) < 4.78 is 2.09. The van der Waals surface area contributed by atoms with Crippen molar-refractivity contribution in [1.82, 2.24) is 20.4 Å². The molecule has 1 aromatic carbocycles. The largest absolute Gasteiger partial charge is 0.369 e. The molecular formula is C22H35IN6. The Morgan fingerprint density at radius 2 is 2.03 bits per heavy atom. The minimum atomic E-state index is 0. The first-order valence-corrected chi connectivity index (χ1v) is 10.4. The number of para-hydroxylation sites is 1. The van der Waals surface area contributed by atoms with E-state index < -0.39 is 0 Å². The Morgan fingerprint density at radius 3 is 2.69 bits per heavy atom. The van der Waals surface area contributed by atoms with Gasteiger partial charge in [-0.25, -0.2) is 0 Å². The summed E-state index contributed by atoms with van der Waals surface area (Å²) >= 11 is 0. The first-order valence-electron chi connectivity index (χ1n) is 10.4. The average Bonchev–Trinajstić information content (AvgIpc) is 3.27. The van der Waals surface area contributed by atoms with E-state index in [1.807, 2.05) is 6.92 Å². The van der Waals surface area contributed by atoms with Gasteiger partial charge in [0, 0.05) is 50.1 Å². The van der Waals surface area contributed by atoms with Gasteiger partial charge in [-0.05, 0) is 51.3 Å². The van der Waals surface area contributed by atoms with Gasteiger partial charge in [-0.15, -0.1) is 24.0 Å². The molecule has 7 heteroatoms. The van der Waals surface area contributed by atoms with Gasteiger partial charge in [-0.3, -0.25) is 9.67 Å². The molecule has 160 valence electrons. The monoisotopic (exact) mass is 510 g/mol. The lowest BCUT2D eigenvalue weighted by Gasteiger charge is -2.20. The van der Waals surface area contributed by atoms with E-state index >= 15 is 0 Å². The van der Waals surface area contributed by atoms with Crippen molar-refractivity contribution in [1.29, 1.82) is 0 Å². The van der Waals surface area contributed by atoms with Crippen molar-refractivity contribution in [2.45, 2.75) is 46.7 Å². The van der Waals surface area contributed by atoms with Gasteiger partial charge in [0.1, 0.15) is 0 Å². The maximum absolute atomic E-state index is 4.84. The molecule has 2 N–H and O–H groups in total. The topological polar surface area (TPSA) is 57.5 Å². The number of benzene rings is 1. The van der Waals surface area contributed by atoms with Gasteiger partial charge < -0.3 is 15.5 Å². The van der Waals surface area contributed by atoms with E-state index in [0.29, 0.717) is 12.0 Å². The maximum atomic E-state index is 4.84. The zero-order valence-electron chi connectivity index (χ0n) is 18.1. The van der Waals surface area contributed by atoms with Crippen LogP contribution in [-0.4, -0.2) is 48.0 Å². The molecule has 1 aliphatic heterocycles. The van der Waals surface area contributed by atoms with E-state index in [0.717, 1.165) is 50.8 Å². The van der Waals surface area contributed by atoms with Crippen molar-refractivity contribution in [3.8, 4) is 0 Å². The van der Waals surface area contributed by atoms with Gasteiger partial charge in [0.2, 0.25) is 0 Å². The van der Waals surface area contributed by atoms with Crippen LogP contribution in [0.1, 0.15) is 31.7 Å². The van der Waals surface area contributed by atoms with E-state index in [-0.39, 0.29) is 24.0 Å². The van der Waals surface area contributed by atoms with Gasteiger partial charge in [-0.2, -0.15) is 5.10 Å². The van der Waals surface area contributed by atoms with Crippen molar-refractivity contribution in [3.63, 3.8) is 0 Å². The van der Waals surface area contributed by atoms with Crippen LogP contribution in [0.25, 0.3) is 0 Å². The molecule has 0 saturated carbocycles. The van der Waals surface area contributed by atoms with Crippen LogP contribution in [0.5, 0.6) is 0 Å². The fourth-order valence-electron chi connectivity index (χ4n) is 3.72. The Bertz CT molecular complexity index is 773. The number of halogens is 1. The minimum absolute atomic E-state index is 0. The predicted molar refractivity (Wildman–Crippen MR) is 132 cm³/mol. The Morgan fingerprint density at radius 1 is 1.28 bits per heavy atom. The van der Waals surface area contributed by atoms with Crippen molar-refractivity contribution >= 4 is 35.6 Å². The summed E-state index contributed by atoms with van der Waals surface area (Å²) in [6.45, 7) is 13.1. The fourth-order valence-corrected chi connectivity index (χ4v) is 3.72. The number of nitrogens with zero attached hydrogens (tertiary/aromatic N) is 4. The van der Waals surface area contributed by atoms with Crippen molar-refractivity contribution in [3.05, 3.63) is 47.8 Å². The first kappa shape index (κ1) is 23.5. The molecule has 2 aromatic rings. The highest BCUT2D eigenvalue weighted by Gasteiger charge is 2.23. The molecule has 29 heavy (non-hydrogen) atoms. The number of rotatable bonds is 7. The van der Waals surface area contributed by atoms with E-state index in [2.05, 4.69) is 82.5 Å². The van der Waals surface area contributed by atoms with E-state index in [1.54, 1.807) is 0 Å². The molecule has 2 unspecified atom stereocenters. The van der Waals surface area contributed by atoms with Gasteiger partial charge >= 0.3 is 0 Å². The SMILES string of the molecule is CCNC(=NCC(C)Cn1nc(C)cc1C)NC1CCN(c2ccccc2)C1.I. The Hall–Kier alpha value is -1.77. The molecule has 0 amide bonds. The summed E-state index contributed by atoms with van der Waals surface area (Å²) in [5, 5.41) is 11.6. The molecule has 0 bridgehead atoms. The summed E-state index contributed by atoms with van der Waals surface area (Å²) in [4.78, 5) is 7.28. The summed E-state index contributed by atoms with van der Waals surface area (Å²) in [5.74, 6) is 1.35. The van der Waals surface area contributed by atoms with Crippen LogP contribution in [0, 0.1) is 19.8 Å². The number of aromatic nitrogens is 2. The number of hydrogen-bond donors (Lipinski definition) is 2. The third kappa shape index (κ3) is 6.90. The highest BCUT2D eigenvalue weighted by molar-refractivity contribution is 14.0. The van der Waals surface area contributed by atoms with Crippen molar-refractivity contribution < 1.29 is 0 Å². The molecule has 2 heterocycles. The van der Waals surface area contributed by atoms with Crippen molar-refractivity contribution in [2.75, 3.05) is 31.1 Å². The lowest BCUT2D eigenvalue weighted by Crippen LogP contribution is -2.44. The molecule has 0 aliphatic carbocycles. The van der Waals surface area contributed by atoms with Crippen LogP contribution in [0.4, 0.5) is 5.69 Å². The van der Waals surface area contributed by atoms with E-state index in [4.69, 9.17) is 4.99 Å². The molecule has 0 radical (unpaired) electrons. The van der Waals surface area contributed by atoms with Crippen LogP contribution < -0.4 is 15.5 Å². The second-order valence-corrected chi connectivity index (χ2v) is 7.85. The Balaban J connectivity index is 0.00000300. The standard InChI is InChI=1S/C22H34N6.HI/c1-5-23-22(24-14-17(2)15-28-19(4)13-18(3)26-28)25-20-11-12-27(16-20)21-9-7-6-8-10-21;/h6-10,13,17,20H,5,11-12,14-16H2,1-4H3,(H2,23,24,25);1H. The molecule has 2 atom stereocenters. The minimum Gasteiger partial charge on any atom is -0.369 e. The lowest BCUT2D eigenvalue weighted by atomic mass is 10.2. The molecule has 6 nitrogen and oxygen atoms in total. The van der Waals surface area contributed by atoms with Gasteiger partial charge in [0.25, 0.3) is 0 Å². The quantitative estimate of drug-likeness (QED) is 0.340. The summed E-state index contributed by atoms with van der Waals surface area (Å²) in [5.41, 5.74) is 3.59. The second-order valence-electron chi connectivity index (χ2n) is 7.85. The van der Waals surface area contributed by atoms with Crippen LogP contribution in [0.3, 0.4) is 0 Å². The smallest absolute Gasteiger partial charge is 0.191 e. The molecule has 0 spiro atoms. The molecule has 1 fully saturated rings. The normalized spacial score (nSPS) is 17.7. The average molecular weight is 510 g/mol. The third-order valence-corrected chi connectivity index (χ3v) is 5.14. The highest BCUT2D eigenvalue weighted by atomic mass is 127. The molecule has 1 saturated heterocycles. The Kier molecular flexibility index (Phi) is 9.26. The number of aryl methyl sites for hydroxylation is 2. The molecular weight excluding hydrogens is 475 g/mol. The van der Waals surface area contributed by atoms with E-state index in [1.165, 1.54) is 11.4 Å². The van der Waals surface area contributed by atoms with E-state index in [9.17, 15) is 0 Å². The third-order valence-electron chi connectivity index (χ3n) is 5.14. The second kappa shape index (κ2) is 11.4. The number of guanidine groups is 1. The van der Waals surface area contributed by atoms with Crippen LogP contribution in [0.2, 0.25) is 0 Å². The van der Waals surface area contributed by atoms with Crippen LogP contribution in [0.15, 0.2) is 41.4 Å². The van der Waals surface area contributed by atoms with Crippen molar-refractivity contribution in [2.24, 2.45) is 10.9 Å². The number of aliphatic imine (C=N–C) groups is 1. The number of nitrogens with one attached hydrogen (secondary N) is 2. The van der Waals surface area contributed by atoms with Gasteiger partial charge in [0.15, 0.2) is 5.96 Å². The highest BCUT2D eigenvalue weighted by Crippen LogP contribution is 2.19. The number of hydrogen-bond acceptors (Lipinski definition) is 3. The summed E-state index contributed by atoms with van der Waals surface area (Å²) in [7, 11) is 0. The Labute approximate surface area is 192 Å². The lowest BCUT2D eigenvalue weighted by molar-refractivity contribution is 0.449. The molecule has 1 aromatic heterocycles. The molecule has 3 rings (SSSR count). The summed E-state index contributed by atoms with van der Waals surface area (Å²) in [6, 6.07) is 13.2. The molecule has 1 aliphatic rings. The zero-order chi connectivity index (χ0) is 19.9. The maximum Gasteiger partial charge on any atom is 0.191 e. The first-order chi connectivity index (χ1) is 13.5. The van der Waals surface area contributed by atoms with Crippen LogP contribution in [-0.2, 0) is 6.54 Å². The summed E-state index contributed by atoms with van der Waals surface area (Å²) in [6.07, 6.45) is 1.13. The fraction of sp³-hybridized carbons (Fsp3) is 0.545. The number of anilines is 1. The zero-order valence-corrected chi connectivity index (χ0v) is 20.4. The van der Waals surface area contributed by atoms with Gasteiger partial charge in [-0.1, -0.05) is 25.1 Å².